The minimum absolute atomic E-state index is 0.963. The van der Waals surface area contributed by atoms with Crippen molar-refractivity contribution in [3.05, 3.63) is 54.7 Å². The van der Waals surface area contributed by atoms with Gasteiger partial charge in [0.05, 0.1) is 5.69 Å². The minimum atomic E-state index is 0.963. The lowest BCUT2D eigenvalue weighted by atomic mass is 10.1. The molecule has 3 heteroatoms. The van der Waals surface area contributed by atoms with E-state index in [1.165, 1.54) is 0 Å². The molecule has 0 bridgehead atoms. The average molecular weight is 221 g/mol. The molecule has 3 aromatic rings. The molecule has 0 aliphatic heterocycles. The van der Waals surface area contributed by atoms with Crippen LogP contribution in [0.3, 0.4) is 0 Å². The minimum Gasteiger partial charge on any atom is -0.265 e. The number of aryl methyl sites for hydroxylation is 1. The zero-order valence-corrected chi connectivity index (χ0v) is 9.46. The summed E-state index contributed by atoms with van der Waals surface area (Å²) in [5.41, 5.74) is 3.07. The van der Waals surface area contributed by atoms with Gasteiger partial charge in [0.1, 0.15) is 0 Å². The van der Waals surface area contributed by atoms with Gasteiger partial charge >= 0.3 is 0 Å². The first kappa shape index (κ1) is 9.90. The Kier molecular flexibility index (Phi) is 2.29. The van der Waals surface area contributed by atoms with E-state index in [-0.39, 0.29) is 0 Å². The van der Waals surface area contributed by atoms with E-state index in [9.17, 15) is 0 Å². The summed E-state index contributed by atoms with van der Waals surface area (Å²) in [5.74, 6) is 0. The third-order valence-electron chi connectivity index (χ3n) is 2.80. The van der Waals surface area contributed by atoms with E-state index in [0.29, 0.717) is 0 Å². The van der Waals surface area contributed by atoms with Crippen LogP contribution < -0.4 is 0 Å². The molecule has 0 saturated heterocycles. The molecule has 0 spiro atoms. The highest BCUT2D eigenvalue weighted by Gasteiger charge is 2.04. The summed E-state index contributed by atoms with van der Waals surface area (Å²) in [6, 6.07) is 7.98. The van der Waals surface area contributed by atoms with E-state index in [2.05, 4.69) is 21.0 Å². The van der Waals surface area contributed by atoms with Crippen LogP contribution in [0.2, 0.25) is 0 Å². The molecular weight excluding hydrogens is 210 g/mol. The molecule has 0 unspecified atom stereocenters. The molecule has 3 rings (SSSR count). The van der Waals surface area contributed by atoms with Gasteiger partial charge in [-0.2, -0.15) is 0 Å². The van der Waals surface area contributed by atoms with E-state index in [0.717, 1.165) is 27.7 Å². The number of nitrogens with zero attached hydrogens (tertiary/aromatic N) is 3. The Balaban J connectivity index is 2.26. The molecule has 0 saturated carbocycles. The second-order valence-electron chi connectivity index (χ2n) is 3.93. The molecule has 0 radical (unpaired) electrons. The van der Waals surface area contributed by atoms with Crippen LogP contribution in [0.25, 0.3) is 22.0 Å². The Morgan fingerprint density at radius 2 is 1.71 bits per heavy atom. The maximum absolute atomic E-state index is 4.62. The maximum Gasteiger partial charge on any atom is 0.0713 e. The van der Waals surface area contributed by atoms with Crippen LogP contribution in [0.15, 0.2) is 49.1 Å². The predicted octanol–water partition coefficient (Wildman–Crippen LogP) is 3.00. The van der Waals surface area contributed by atoms with E-state index in [1.807, 2.05) is 31.3 Å². The molecule has 0 aromatic carbocycles. The lowest BCUT2D eigenvalue weighted by molar-refractivity contribution is 1.22. The van der Waals surface area contributed by atoms with Gasteiger partial charge in [-0.3, -0.25) is 15.0 Å². The Hall–Kier alpha value is -2.29. The monoisotopic (exact) mass is 221 g/mol. The fraction of sp³-hybridized carbons (Fsp3) is 0.0714. The molecule has 3 heterocycles. The van der Waals surface area contributed by atoms with E-state index in [1.54, 1.807) is 18.6 Å². The highest BCUT2D eigenvalue weighted by atomic mass is 14.7. The summed E-state index contributed by atoms with van der Waals surface area (Å²) < 4.78 is 0. The number of rotatable bonds is 1. The SMILES string of the molecule is Cc1nc(-c2ccncc2)cc2cnccc12. The van der Waals surface area contributed by atoms with Crippen LogP contribution in [0, 0.1) is 6.92 Å². The van der Waals surface area contributed by atoms with Gasteiger partial charge in [-0.25, -0.2) is 0 Å². The number of aromatic nitrogens is 3. The first-order valence-electron chi connectivity index (χ1n) is 5.46. The van der Waals surface area contributed by atoms with Gasteiger partial charge in [0.2, 0.25) is 0 Å². The van der Waals surface area contributed by atoms with Crippen molar-refractivity contribution in [1.29, 1.82) is 0 Å². The topological polar surface area (TPSA) is 38.7 Å². The molecule has 3 aromatic heterocycles. The maximum atomic E-state index is 4.62. The molecule has 0 aliphatic carbocycles. The molecule has 0 fully saturated rings. The average Bonchev–Trinajstić information content (AvgIpc) is 2.40. The summed E-state index contributed by atoms with van der Waals surface area (Å²) in [6.07, 6.45) is 7.22. The zero-order valence-electron chi connectivity index (χ0n) is 9.46. The van der Waals surface area contributed by atoms with Gasteiger partial charge in [-0.1, -0.05) is 0 Å². The molecule has 0 N–H and O–H groups in total. The van der Waals surface area contributed by atoms with Crippen LogP contribution in [0.5, 0.6) is 0 Å². The number of hydrogen-bond donors (Lipinski definition) is 0. The van der Waals surface area contributed by atoms with Gasteiger partial charge in [0, 0.05) is 46.8 Å². The van der Waals surface area contributed by atoms with Crippen molar-refractivity contribution in [2.45, 2.75) is 6.92 Å². The van der Waals surface area contributed by atoms with Crippen molar-refractivity contribution in [2.24, 2.45) is 0 Å². The van der Waals surface area contributed by atoms with Crippen LogP contribution in [0.4, 0.5) is 0 Å². The lowest BCUT2D eigenvalue weighted by Gasteiger charge is -2.05. The third kappa shape index (κ3) is 1.76. The molecule has 0 aliphatic rings. The van der Waals surface area contributed by atoms with Crippen LogP contribution >= 0.6 is 0 Å². The van der Waals surface area contributed by atoms with Crippen molar-refractivity contribution in [2.75, 3.05) is 0 Å². The van der Waals surface area contributed by atoms with Gasteiger partial charge in [-0.15, -0.1) is 0 Å². The summed E-state index contributed by atoms with van der Waals surface area (Å²) in [7, 11) is 0. The second-order valence-corrected chi connectivity index (χ2v) is 3.93. The van der Waals surface area contributed by atoms with Crippen LogP contribution in [-0.4, -0.2) is 15.0 Å². The fourth-order valence-corrected chi connectivity index (χ4v) is 1.94. The Morgan fingerprint density at radius 3 is 2.53 bits per heavy atom. The molecule has 17 heavy (non-hydrogen) atoms. The highest BCUT2D eigenvalue weighted by molar-refractivity contribution is 5.86. The summed E-state index contributed by atoms with van der Waals surface area (Å²) in [4.78, 5) is 12.8. The number of hydrogen-bond acceptors (Lipinski definition) is 3. The first-order chi connectivity index (χ1) is 8.34. The summed E-state index contributed by atoms with van der Waals surface area (Å²) in [6.45, 7) is 2.02. The van der Waals surface area contributed by atoms with Gasteiger partial charge < -0.3 is 0 Å². The standard InChI is InChI=1S/C14H11N3/c1-10-13-4-7-16-9-12(13)8-14(17-10)11-2-5-15-6-3-11/h2-9H,1H3. The van der Waals surface area contributed by atoms with Crippen molar-refractivity contribution >= 4 is 10.8 Å². The molecular formula is C14H11N3. The van der Waals surface area contributed by atoms with Crippen LogP contribution in [-0.2, 0) is 0 Å². The largest absolute Gasteiger partial charge is 0.265 e. The molecule has 3 nitrogen and oxygen atoms in total. The van der Waals surface area contributed by atoms with Gasteiger partial charge in [0.15, 0.2) is 0 Å². The van der Waals surface area contributed by atoms with Crippen molar-refractivity contribution < 1.29 is 0 Å². The zero-order chi connectivity index (χ0) is 11.7. The molecule has 0 atom stereocenters. The smallest absolute Gasteiger partial charge is 0.0713 e. The highest BCUT2D eigenvalue weighted by Crippen LogP contribution is 2.23. The molecule has 0 amide bonds. The Bertz CT molecular complexity index is 663. The van der Waals surface area contributed by atoms with Gasteiger partial charge in [0.25, 0.3) is 0 Å². The van der Waals surface area contributed by atoms with Crippen LogP contribution in [0.1, 0.15) is 5.69 Å². The Morgan fingerprint density at radius 1 is 0.941 bits per heavy atom. The quantitative estimate of drug-likeness (QED) is 0.634. The second kappa shape index (κ2) is 3.94. The number of pyridine rings is 3. The van der Waals surface area contributed by atoms with E-state index >= 15 is 0 Å². The van der Waals surface area contributed by atoms with E-state index < -0.39 is 0 Å². The third-order valence-corrected chi connectivity index (χ3v) is 2.80. The Labute approximate surface area is 99.2 Å². The van der Waals surface area contributed by atoms with E-state index in [4.69, 9.17) is 0 Å². The number of fused-ring (bicyclic) bond motifs is 1. The van der Waals surface area contributed by atoms with Crippen molar-refractivity contribution in [1.82, 2.24) is 15.0 Å². The lowest BCUT2D eigenvalue weighted by Crippen LogP contribution is -1.90. The first-order valence-corrected chi connectivity index (χ1v) is 5.46. The molecule has 82 valence electrons. The summed E-state index contributed by atoms with van der Waals surface area (Å²) >= 11 is 0. The summed E-state index contributed by atoms with van der Waals surface area (Å²) in [5, 5.41) is 2.27. The normalized spacial score (nSPS) is 10.6. The predicted molar refractivity (Wildman–Crippen MR) is 67.5 cm³/mol. The van der Waals surface area contributed by atoms with Crippen molar-refractivity contribution in [3.63, 3.8) is 0 Å². The van der Waals surface area contributed by atoms with Gasteiger partial charge in [-0.05, 0) is 31.2 Å². The fourth-order valence-electron chi connectivity index (χ4n) is 1.94. The van der Waals surface area contributed by atoms with Crippen molar-refractivity contribution in [3.8, 4) is 11.3 Å².